The van der Waals surface area contributed by atoms with E-state index in [0.29, 0.717) is 36.4 Å². The highest BCUT2D eigenvalue weighted by Crippen LogP contribution is 2.24. The van der Waals surface area contributed by atoms with Gasteiger partial charge in [0.05, 0.1) is 30.4 Å². The number of hydrogen-bond acceptors (Lipinski definition) is 7. The van der Waals surface area contributed by atoms with E-state index >= 15 is 0 Å². The minimum Gasteiger partial charge on any atom is -0.444 e. The van der Waals surface area contributed by atoms with Crippen molar-refractivity contribution in [1.82, 2.24) is 25.0 Å². The summed E-state index contributed by atoms with van der Waals surface area (Å²) in [6.07, 6.45) is 5.06. The lowest BCUT2D eigenvalue weighted by Crippen LogP contribution is -2.43. The van der Waals surface area contributed by atoms with Crippen LogP contribution in [0.4, 0.5) is 4.79 Å². The highest BCUT2D eigenvalue weighted by molar-refractivity contribution is 5.90. The summed E-state index contributed by atoms with van der Waals surface area (Å²) < 4.78 is 13.0. The number of aromatic nitrogens is 3. The van der Waals surface area contributed by atoms with Crippen LogP contribution in [0.1, 0.15) is 43.4 Å². The average Bonchev–Trinajstić information content (AvgIpc) is 3.54. The van der Waals surface area contributed by atoms with Crippen molar-refractivity contribution in [2.45, 2.75) is 51.4 Å². The lowest BCUT2D eigenvalue weighted by Gasteiger charge is -2.28. The van der Waals surface area contributed by atoms with Gasteiger partial charge in [0.25, 0.3) is 5.89 Å². The molecule has 176 valence electrons. The summed E-state index contributed by atoms with van der Waals surface area (Å²) in [7, 11) is 0. The molecule has 1 aromatic carbocycles. The summed E-state index contributed by atoms with van der Waals surface area (Å²) in [5.74, 6) is -0.172. The monoisotopic (exact) mass is 462 g/mol. The van der Waals surface area contributed by atoms with Crippen LogP contribution in [0.3, 0.4) is 0 Å². The predicted molar refractivity (Wildman–Crippen MR) is 121 cm³/mol. The molecule has 0 spiro atoms. The molecule has 1 aliphatic heterocycles. The first-order chi connectivity index (χ1) is 16.2. The van der Waals surface area contributed by atoms with Crippen LogP contribution in [-0.4, -0.2) is 55.9 Å². The average molecular weight is 463 g/mol. The third kappa shape index (κ3) is 5.43. The lowest BCUT2D eigenvalue weighted by atomic mass is 10.1. The number of nitriles is 1. The topological polar surface area (TPSA) is 126 Å². The molecule has 1 fully saturated rings. The molecule has 2 atom stereocenters. The Balaban J connectivity index is 1.45. The van der Waals surface area contributed by atoms with E-state index in [9.17, 15) is 9.59 Å². The fraction of sp³-hybridized carbons (Fsp3) is 0.375. The van der Waals surface area contributed by atoms with Crippen molar-refractivity contribution in [2.24, 2.45) is 0 Å². The van der Waals surface area contributed by atoms with Crippen LogP contribution < -0.4 is 5.32 Å². The Bertz CT molecular complexity index is 1200. The summed E-state index contributed by atoms with van der Waals surface area (Å²) in [5, 5.41) is 16.2. The van der Waals surface area contributed by atoms with Gasteiger partial charge in [-0.3, -0.25) is 9.48 Å². The molecule has 34 heavy (non-hydrogen) atoms. The maximum absolute atomic E-state index is 12.8. The second kappa shape index (κ2) is 9.39. The summed E-state index contributed by atoms with van der Waals surface area (Å²) in [4.78, 5) is 31.4. The molecule has 0 radical (unpaired) electrons. The maximum Gasteiger partial charge on any atom is 0.410 e. The molecule has 0 aliphatic carbocycles. The lowest BCUT2D eigenvalue weighted by molar-refractivity contribution is 0.0208. The van der Waals surface area contributed by atoms with E-state index in [4.69, 9.17) is 14.4 Å². The first kappa shape index (κ1) is 23.0. The Morgan fingerprint density at radius 2 is 2.15 bits per heavy atom. The van der Waals surface area contributed by atoms with Crippen molar-refractivity contribution in [3.8, 4) is 17.4 Å². The van der Waals surface area contributed by atoms with Crippen LogP contribution in [0, 0.1) is 11.3 Å². The van der Waals surface area contributed by atoms with Crippen LogP contribution in [0.2, 0.25) is 0 Å². The fourth-order valence-corrected chi connectivity index (χ4v) is 3.86. The highest BCUT2D eigenvalue weighted by Gasteiger charge is 2.39. The Morgan fingerprint density at radius 3 is 2.85 bits per heavy atom. The van der Waals surface area contributed by atoms with E-state index in [0.717, 1.165) is 0 Å². The fourth-order valence-electron chi connectivity index (χ4n) is 3.86. The zero-order valence-electron chi connectivity index (χ0n) is 19.3. The Morgan fingerprint density at radius 1 is 1.32 bits per heavy atom. The van der Waals surface area contributed by atoms with Crippen LogP contribution in [0.15, 0.2) is 53.3 Å². The van der Waals surface area contributed by atoms with Crippen LogP contribution in [-0.2, 0) is 11.3 Å². The van der Waals surface area contributed by atoms with Gasteiger partial charge in [0, 0.05) is 30.5 Å². The second-order valence-corrected chi connectivity index (χ2v) is 9.14. The molecule has 3 aromatic rings. The van der Waals surface area contributed by atoms with Gasteiger partial charge >= 0.3 is 12.0 Å². The van der Waals surface area contributed by atoms with Crippen LogP contribution >= 0.6 is 0 Å². The summed E-state index contributed by atoms with van der Waals surface area (Å²) >= 11 is 0. The SMILES string of the molecule is CC(C)(C)OC(=O)N1C[C@H](NC(=O)c2ncc(-c3cccc(C#N)c3)o2)C[C@H]1Cn1cccn1. The van der Waals surface area contributed by atoms with Gasteiger partial charge in [0.2, 0.25) is 0 Å². The number of oxazole rings is 1. The Hall–Kier alpha value is -4.13. The van der Waals surface area contributed by atoms with E-state index in [1.54, 1.807) is 40.0 Å². The van der Waals surface area contributed by atoms with Crippen molar-refractivity contribution in [3.63, 3.8) is 0 Å². The van der Waals surface area contributed by atoms with Crippen molar-refractivity contribution in [2.75, 3.05) is 6.54 Å². The first-order valence-electron chi connectivity index (χ1n) is 11.0. The molecular formula is C24H26N6O4. The molecule has 2 amide bonds. The van der Waals surface area contributed by atoms with Crippen molar-refractivity contribution in [1.29, 1.82) is 5.26 Å². The maximum atomic E-state index is 12.8. The van der Waals surface area contributed by atoms with Gasteiger partial charge < -0.3 is 19.4 Å². The molecule has 0 unspecified atom stereocenters. The molecule has 1 saturated heterocycles. The summed E-state index contributed by atoms with van der Waals surface area (Å²) in [6, 6.07) is 10.2. The van der Waals surface area contributed by atoms with Crippen molar-refractivity contribution < 1.29 is 18.7 Å². The quantitative estimate of drug-likeness (QED) is 0.617. The molecular weight excluding hydrogens is 436 g/mol. The molecule has 4 rings (SSSR count). The molecule has 10 heteroatoms. The van der Waals surface area contributed by atoms with E-state index in [1.165, 1.54) is 6.20 Å². The van der Waals surface area contributed by atoms with Gasteiger partial charge in [-0.25, -0.2) is 9.78 Å². The smallest absolute Gasteiger partial charge is 0.410 e. The van der Waals surface area contributed by atoms with E-state index < -0.39 is 17.6 Å². The van der Waals surface area contributed by atoms with E-state index in [-0.39, 0.29) is 18.0 Å². The highest BCUT2D eigenvalue weighted by atomic mass is 16.6. The zero-order chi connectivity index (χ0) is 24.3. The molecule has 3 heterocycles. The normalized spacial score (nSPS) is 17.9. The molecule has 0 bridgehead atoms. The van der Waals surface area contributed by atoms with Crippen LogP contribution in [0.5, 0.6) is 0 Å². The summed E-state index contributed by atoms with van der Waals surface area (Å²) in [6.45, 7) is 6.22. The number of hydrogen-bond donors (Lipinski definition) is 1. The zero-order valence-corrected chi connectivity index (χ0v) is 19.3. The number of nitrogens with one attached hydrogen (secondary N) is 1. The standard InChI is InChI=1S/C24H26N6O4/c1-24(2,3)34-23(32)30-14-18(11-19(30)15-29-9-5-8-27-29)28-21(31)22-26-13-20(33-22)17-7-4-6-16(10-17)12-25/h4-10,13,18-19H,11,14-15H2,1-3H3,(H,28,31)/t18-,19+/m1/s1. The third-order valence-corrected chi connectivity index (χ3v) is 5.31. The number of nitrogens with zero attached hydrogens (tertiary/aromatic N) is 5. The predicted octanol–water partition coefficient (Wildman–Crippen LogP) is 3.22. The largest absolute Gasteiger partial charge is 0.444 e. The van der Waals surface area contributed by atoms with E-state index in [1.807, 2.05) is 33.0 Å². The van der Waals surface area contributed by atoms with Gasteiger partial charge in [-0.2, -0.15) is 10.4 Å². The number of ether oxygens (including phenoxy) is 1. The molecule has 1 aliphatic rings. The number of benzene rings is 1. The van der Waals surface area contributed by atoms with Crippen LogP contribution in [0.25, 0.3) is 11.3 Å². The van der Waals surface area contributed by atoms with Crippen molar-refractivity contribution in [3.05, 3.63) is 60.4 Å². The summed E-state index contributed by atoms with van der Waals surface area (Å²) in [5.41, 5.74) is 0.504. The van der Waals surface area contributed by atoms with Gasteiger partial charge in [-0.1, -0.05) is 12.1 Å². The van der Waals surface area contributed by atoms with E-state index in [2.05, 4.69) is 21.5 Å². The number of carbonyl (C=O) groups excluding carboxylic acids is 2. The van der Waals surface area contributed by atoms with Crippen molar-refractivity contribution >= 4 is 12.0 Å². The molecule has 2 aromatic heterocycles. The van der Waals surface area contributed by atoms with Gasteiger partial charge in [-0.15, -0.1) is 0 Å². The molecule has 1 N–H and O–H groups in total. The Kier molecular flexibility index (Phi) is 6.36. The third-order valence-electron chi connectivity index (χ3n) is 5.31. The number of likely N-dealkylation sites (tertiary alicyclic amines) is 1. The number of carbonyl (C=O) groups is 2. The molecule has 10 nitrogen and oxygen atoms in total. The molecule has 0 saturated carbocycles. The first-order valence-corrected chi connectivity index (χ1v) is 11.0. The second-order valence-electron chi connectivity index (χ2n) is 9.14. The van der Waals surface area contributed by atoms with Gasteiger partial charge in [0.1, 0.15) is 5.60 Å². The number of amides is 2. The van der Waals surface area contributed by atoms with Gasteiger partial charge in [0.15, 0.2) is 5.76 Å². The minimum atomic E-state index is -0.633. The minimum absolute atomic E-state index is 0.0864. The number of rotatable bonds is 5. The van der Waals surface area contributed by atoms with Gasteiger partial charge in [-0.05, 0) is 45.4 Å². The Labute approximate surface area is 197 Å².